The number of hydrogen-bond acceptors (Lipinski definition) is 7. The van der Waals surface area contributed by atoms with Gasteiger partial charge >= 0.3 is 0 Å². The maximum Gasteiger partial charge on any atom is 0.0708 e. The Morgan fingerprint density at radius 3 is 0.383 bits per heavy atom. The Bertz CT molecular complexity index is 5620. The molecule has 0 amide bonds. The predicted molar refractivity (Wildman–Crippen MR) is 505 cm³/mol. The Morgan fingerprint density at radius 2 is 0.233 bits per heavy atom. The number of nitrogens with zero attached hydrogens (tertiary/aromatic N) is 7. The van der Waals surface area contributed by atoms with E-state index in [1.807, 2.05) is 6.20 Å². The molecule has 7 nitrogen and oxygen atoms in total. The zero-order chi connectivity index (χ0) is 80.2. The van der Waals surface area contributed by atoms with E-state index in [4.69, 9.17) is 4.98 Å². The van der Waals surface area contributed by atoms with Crippen LogP contribution in [-0.2, 0) is 0 Å². The SMILES string of the molecule is c1ccc(N(c2ccccc2)c2ccc(-c3ccc(N(c4ccc(-c5ccc(N(c6ccccc6)c6ccccc6)cc5)cc4)c4ccc(-c5ccnc(-c6ccc(N(c7ccc(-c8ccc(N(c9ccccc9)c9ccccc9)cc8)cc7)c7ccc(-c8ccc(N(c9ccccc9)c9ccccc9)cc8)cc7)cc6)c5)cc4)cc3)cc2)cc1. The van der Waals surface area contributed by atoms with Gasteiger partial charge in [-0.15, -0.1) is 0 Å². The van der Waals surface area contributed by atoms with Crippen LogP contribution in [0.3, 0.4) is 0 Å². The third-order valence-corrected chi connectivity index (χ3v) is 22.1. The number of benzene rings is 18. The minimum atomic E-state index is 0.882. The van der Waals surface area contributed by atoms with Gasteiger partial charge in [0.15, 0.2) is 0 Å². The standard InChI is InChI=1S/C113H83N7/c1-9-25-95(26-10-1)115(96-27-11-2-12-28-96)103-61-41-84(42-62-103)88-49-69-107(70-50-88)119(108-71-51-89(52-72-108)85-43-63-104(64-44-85)116(97-29-13-3-14-30-97)98-31-15-4-16-32-98)111-77-57-92(58-78-111)94-81-82-114-113(83-94)93-59-79-112(80-60-93)120(109-73-53-90(54-74-109)86-45-65-105(66-46-86)117(99-33-17-5-18-34-99)100-35-19-6-20-36-100)110-75-55-91(56-76-110)87-47-67-106(68-48-87)118(101-37-21-7-22-38-101)102-39-23-8-24-40-102/h1-83H. The molecule has 0 N–H and O–H groups in total. The summed E-state index contributed by atoms with van der Waals surface area (Å²) >= 11 is 0. The van der Waals surface area contributed by atoms with Gasteiger partial charge in [-0.3, -0.25) is 4.98 Å². The molecule has 0 atom stereocenters. The van der Waals surface area contributed by atoms with Crippen molar-refractivity contribution in [2.75, 3.05) is 29.4 Å². The van der Waals surface area contributed by atoms with Crippen molar-refractivity contribution in [2.45, 2.75) is 0 Å². The van der Waals surface area contributed by atoms with Crippen LogP contribution < -0.4 is 29.4 Å². The van der Waals surface area contributed by atoms with Gasteiger partial charge in [-0.2, -0.15) is 0 Å². The number of pyridine rings is 1. The summed E-state index contributed by atoms with van der Waals surface area (Å²) in [4.78, 5) is 18.9. The Kier molecular flexibility index (Phi) is 21.3. The molecule has 0 fully saturated rings. The normalized spacial score (nSPS) is 11.0. The molecule has 0 saturated carbocycles. The van der Waals surface area contributed by atoms with Gasteiger partial charge in [-0.1, -0.05) is 267 Å². The van der Waals surface area contributed by atoms with E-state index >= 15 is 0 Å². The van der Waals surface area contributed by atoms with Crippen LogP contribution in [0.4, 0.5) is 102 Å². The molecule has 7 heteroatoms. The first-order chi connectivity index (χ1) is 59.5. The molecule has 1 heterocycles. The molecule has 0 saturated heterocycles. The first-order valence-electron chi connectivity index (χ1n) is 40.7. The molecule has 18 aromatic carbocycles. The summed E-state index contributed by atoms with van der Waals surface area (Å²) in [5.74, 6) is 0. The Hall–Kier alpha value is -16.1. The molecule has 19 rings (SSSR count). The van der Waals surface area contributed by atoms with Gasteiger partial charge in [0.1, 0.15) is 0 Å². The molecule has 0 spiro atoms. The number of hydrogen-bond donors (Lipinski definition) is 0. The zero-order valence-corrected chi connectivity index (χ0v) is 66.1. The molecule has 570 valence electrons. The van der Waals surface area contributed by atoms with Crippen molar-refractivity contribution in [1.29, 1.82) is 0 Å². The van der Waals surface area contributed by atoms with Gasteiger partial charge < -0.3 is 29.4 Å². The van der Waals surface area contributed by atoms with E-state index < -0.39 is 0 Å². The molecule has 120 heavy (non-hydrogen) atoms. The fourth-order valence-corrected chi connectivity index (χ4v) is 16.1. The van der Waals surface area contributed by atoms with Gasteiger partial charge in [0.25, 0.3) is 0 Å². The lowest BCUT2D eigenvalue weighted by Gasteiger charge is -2.27. The highest BCUT2D eigenvalue weighted by Gasteiger charge is 2.22. The number of anilines is 18. The largest absolute Gasteiger partial charge is 0.311 e. The second-order valence-corrected chi connectivity index (χ2v) is 29.6. The van der Waals surface area contributed by atoms with E-state index in [0.29, 0.717) is 0 Å². The van der Waals surface area contributed by atoms with Crippen LogP contribution in [0.2, 0.25) is 0 Å². The molecule has 0 aliphatic carbocycles. The lowest BCUT2D eigenvalue weighted by molar-refractivity contribution is 1.27. The number of para-hydroxylation sites is 8. The maximum absolute atomic E-state index is 5.02. The maximum atomic E-state index is 5.02. The highest BCUT2D eigenvalue weighted by Crippen LogP contribution is 2.45. The minimum Gasteiger partial charge on any atom is -0.311 e. The van der Waals surface area contributed by atoms with E-state index in [9.17, 15) is 0 Å². The molecule has 0 radical (unpaired) electrons. The highest BCUT2D eigenvalue weighted by molar-refractivity contribution is 5.88. The third-order valence-electron chi connectivity index (χ3n) is 22.1. The molecule has 0 aliphatic heterocycles. The average Bonchev–Trinajstić information content (AvgIpc) is 0.784. The van der Waals surface area contributed by atoms with Crippen LogP contribution in [0.1, 0.15) is 0 Å². The molecule has 0 bridgehead atoms. The first-order valence-corrected chi connectivity index (χ1v) is 40.7. The van der Waals surface area contributed by atoms with Gasteiger partial charge in [0.05, 0.1) is 5.69 Å². The van der Waals surface area contributed by atoms with E-state index in [2.05, 4.69) is 527 Å². The van der Waals surface area contributed by atoms with Crippen molar-refractivity contribution in [1.82, 2.24) is 4.98 Å². The van der Waals surface area contributed by atoms with E-state index in [1.54, 1.807) is 0 Å². The van der Waals surface area contributed by atoms with Crippen molar-refractivity contribution in [3.05, 3.63) is 504 Å². The highest BCUT2D eigenvalue weighted by atomic mass is 15.2. The van der Waals surface area contributed by atoms with E-state index in [-0.39, 0.29) is 0 Å². The predicted octanol–water partition coefficient (Wildman–Crippen LogP) is 31.9. The van der Waals surface area contributed by atoms with Crippen molar-refractivity contribution in [2.24, 2.45) is 0 Å². The van der Waals surface area contributed by atoms with Crippen molar-refractivity contribution < 1.29 is 0 Å². The molecular formula is C113H83N7. The van der Waals surface area contributed by atoms with Gasteiger partial charge in [0, 0.05) is 114 Å². The summed E-state index contributed by atoms with van der Waals surface area (Å²) < 4.78 is 0. The summed E-state index contributed by atoms with van der Waals surface area (Å²) in [5, 5.41) is 0. The second kappa shape index (κ2) is 34.5. The quantitative estimate of drug-likeness (QED) is 0.0596. The lowest BCUT2D eigenvalue weighted by Crippen LogP contribution is -2.10. The smallest absolute Gasteiger partial charge is 0.0708 e. The molecule has 0 unspecified atom stereocenters. The van der Waals surface area contributed by atoms with Crippen LogP contribution in [0, 0.1) is 0 Å². The lowest BCUT2D eigenvalue weighted by atomic mass is 10.0. The van der Waals surface area contributed by atoms with Gasteiger partial charge in [-0.25, -0.2) is 0 Å². The van der Waals surface area contributed by atoms with Crippen molar-refractivity contribution in [3.63, 3.8) is 0 Å². The Labute approximate surface area is 702 Å². The fraction of sp³-hybridized carbons (Fsp3) is 0. The molecule has 1 aromatic heterocycles. The van der Waals surface area contributed by atoms with Crippen LogP contribution in [-0.4, -0.2) is 4.98 Å². The van der Waals surface area contributed by atoms with Gasteiger partial charge in [-0.05, 0) is 286 Å². The van der Waals surface area contributed by atoms with Crippen LogP contribution in [0.25, 0.3) is 66.9 Å². The van der Waals surface area contributed by atoms with Gasteiger partial charge in [0.2, 0.25) is 0 Å². The van der Waals surface area contributed by atoms with Crippen LogP contribution in [0.5, 0.6) is 0 Å². The van der Waals surface area contributed by atoms with Crippen molar-refractivity contribution in [3.8, 4) is 66.9 Å². The minimum absolute atomic E-state index is 0.882. The first kappa shape index (κ1) is 74.0. The number of rotatable bonds is 24. The van der Waals surface area contributed by atoms with Crippen molar-refractivity contribution >= 4 is 102 Å². The summed E-state index contributed by atoms with van der Waals surface area (Å²) in [6.07, 6.45) is 1.93. The molecule has 0 aliphatic rings. The second-order valence-electron chi connectivity index (χ2n) is 29.6. The molecule has 19 aromatic rings. The fourth-order valence-electron chi connectivity index (χ4n) is 16.1. The topological polar surface area (TPSA) is 32.3 Å². The average molecular weight is 1540 g/mol. The van der Waals surface area contributed by atoms with Crippen LogP contribution in [0.15, 0.2) is 504 Å². The van der Waals surface area contributed by atoms with E-state index in [1.165, 1.54) is 0 Å². The zero-order valence-electron chi connectivity index (χ0n) is 66.1. The number of aromatic nitrogens is 1. The van der Waals surface area contributed by atoms with Crippen LogP contribution >= 0.6 is 0 Å². The summed E-state index contributed by atoms with van der Waals surface area (Å²) in [6, 6.07) is 178. The van der Waals surface area contributed by atoms with E-state index in [0.717, 1.165) is 169 Å². The monoisotopic (exact) mass is 1540 g/mol. The third kappa shape index (κ3) is 16.1. The Morgan fingerprint density at radius 1 is 0.108 bits per heavy atom. The summed E-state index contributed by atoms with van der Waals surface area (Å²) in [6.45, 7) is 0. The summed E-state index contributed by atoms with van der Waals surface area (Å²) in [7, 11) is 0. The molecular weight excluding hydrogens is 1460 g/mol. The Balaban J connectivity index is 0.614. The summed E-state index contributed by atoms with van der Waals surface area (Å²) in [5.41, 5.74) is 32.5.